The summed E-state index contributed by atoms with van der Waals surface area (Å²) >= 11 is 4.50. The molecular weight excluding hydrogens is 352 g/mol. The molecule has 0 amide bonds. The molecule has 0 atom stereocenters. The van der Waals surface area contributed by atoms with Crippen molar-refractivity contribution in [1.29, 1.82) is 0 Å². The number of rotatable bonds is 3. The first-order valence-electron chi connectivity index (χ1n) is 6.36. The summed E-state index contributed by atoms with van der Waals surface area (Å²) in [7, 11) is 0. The molecule has 0 radical (unpaired) electrons. The number of halogens is 1. The van der Waals surface area contributed by atoms with Crippen LogP contribution in [0.4, 0.5) is 5.69 Å². The lowest BCUT2D eigenvalue weighted by atomic mass is 9.87. The van der Waals surface area contributed by atoms with Crippen LogP contribution in [0.5, 0.6) is 0 Å². The molecule has 0 aliphatic rings. The van der Waals surface area contributed by atoms with Gasteiger partial charge in [-0.2, -0.15) is 0 Å². The summed E-state index contributed by atoms with van der Waals surface area (Å²) in [5.41, 5.74) is 1.32. The molecule has 0 N–H and O–H groups in total. The van der Waals surface area contributed by atoms with Crippen molar-refractivity contribution in [2.24, 2.45) is 0 Å². The summed E-state index contributed by atoms with van der Waals surface area (Å²) in [6.07, 6.45) is 1.57. The summed E-state index contributed by atoms with van der Waals surface area (Å²) in [4.78, 5) is 15.7. The van der Waals surface area contributed by atoms with Gasteiger partial charge in [0.05, 0.1) is 4.92 Å². The Morgan fingerprint density at radius 2 is 1.86 bits per heavy atom. The molecule has 0 aliphatic carbocycles. The van der Waals surface area contributed by atoms with Crippen molar-refractivity contribution in [3.05, 3.63) is 56.7 Å². The first-order valence-corrected chi connectivity index (χ1v) is 7.96. The highest BCUT2D eigenvalue weighted by molar-refractivity contribution is 9.10. The van der Waals surface area contributed by atoms with Gasteiger partial charge in [-0.05, 0) is 39.0 Å². The van der Waals surface area contributed by atoms with E-state index >= 15 is 0 Å². The molecule has 2 rings (SSSR count). The molecule has 1 aromatic heterocycles. The van der Waals surface area contributed by atoms with Gasteiger partial charge in [0.1, 0.15) is 0 Å². The Morgan fingerprint density at radius 1 is 1.24 bits per heavy atom. The lowest BCUT2D eigenvalue weighted by Crippen LogP contribution is -2.10. The average molecular weight is 367 g/mol. The smallest absolute Gasteiger partial charge is 0.258 e. The van der Waals surface area contributed by atoms with E-state index in [1.807, 2.05) is 24.3 Å². The van der Waals surface area contributed by atoms with Crippen molar-refractivity contribution in [3.63, 3.8) is 0 Å². The van der Waals surface area contributed by atoms with Crippen molar-refractivity contribution in [2.75, 3.05) is 0 Å². The number of hydrogen-bond acceptors (Lipinski definition) is 4. The van der Waals surface area contributed by atoms with Gasteiger partial charge in [0.25, 0.3) is 0 Å². The van der Waals surface area contributed by atoms with Crippen LogP contribution in [0.3, 0.4) is 0 Å². The summed E-state index contributed by atoms with van der Waals surface area (Å²) in [5, 5.41) is 11.5. The Hall–Kier alpha value is -1.40. The van der Waals surface area contributed by atoms with Crippen molar-refractivity contribution >= 4 is 33.4 Å². The summed E-state index contributed by atoms with van der Waals surface area (Å²) < 4.78 is 0.599. The Kier molecular flexibility index (Phi) is 4.68. The highest BCUT2D eigenvalue weighted by Gasteiger charge is 2.18. The minimum Gasteiger partial charge on any atom is -0.258 e. The fourth-order valence-corrected chi connectivity index (χ4v) is 2.92. The third-order valence-corrected chi connectivity index (χ3v) is 4.38. The second-order valence-electron chi connectivity index (χ2n) is 5.61. The molecule has 0 bridgehead atoms. The Bertz CT molecular complexity index is 666. The van der Waals surface area contributed by atoms with Crippen LogP contribution in [0.1, 0.15) is 26.3 Å². The number of nitro groups is 1. The standard InChI is InChI=1S/C15H15BrN2O2S/c1-15(2,3)10-4-6-12(7-5-10)21-14-13(18(19)20)8-11(16)9-17-14/h4-9H,1-3H3. The zero-order valence-corrected chi connectivity index (χ0v) is 14.4. The van der Waals surface area contributed by atoms with Gasteiger partial charge in [-0.1, -0.05) is 44.7 Å². The van der Waals surface area contributed by atoms with Gasteiger partial charge in [0.2, 0.25) is 0 Å². The van der Waals surface area contributed by atoms with Crippen molar-refractivity contribution in [2.45, 2.75) is 36.1 Å². The van der Waals surface area contributed by atoms with E-state index in [4.69, 9.17) is 0 Å². The second-order valence-corrected chi connectivity index (χ2v) is 7.59. The van der Waals surface area contributed by atoms with Crippen LogP contribution in [-0.4, -0.2) is 9.91 Å². The molecule has 1 heterocycles. The molecule has 2 aromatic rings. The van der Waals surface area contributed by atoms with Gasteiger partial charge >= 0.3 is 5.69 Å². The number of nitrogens with zero attached hydrogens (tertiary/aromatic N) is 2. The van der Waals surface area contributed by atoms with Crippen molar-refractivity contribution in [1.82, 2.24) is 4.98 Å². The molecule has 6 heteroatoms. The van der Waals surface area contributed by atoms with Gasteiger partial charge in [0.15, 0.2) is 5.03 Å². The molecule has 0 unspecified atom stereocenters. The monoisotopic (exact) mass is 366 g/mol. The van der Waals surface area contributed by atoms with E-state index in [2.05, 4.69) is 41.7 Å². The molecular formula is C15H15BrN2O2S. The van der Waals surface area contributed by atoms with Crippen LogP contribution in [0.15, 0.2) is 50.9 Å². The lowest BCUT2D eigenvalue weighted by molar-refractivity contribution is -0.388. The SMILES string of the molecule is CC(C)(C)c1ccc(Sc2ncc(Br)cc2[N+](=O)[O-])cc1. The predicted octanol–water partition coefficient (Wildman–Crippen LogP) is 5.20. The minimum absolute atomic E-state index is 0.00859. The van der Waals surface area contributed by atoms with E-state index in [-0.39, 0.29) is 11.1 Å². The zero-order chi connectivity index (χ0) is 15.6. The Morgan fingerprint density at radius 3 is 2.38 bits per heavy atom. The molecule has 1 aromatic carbocycles. The van der Waals surface area contributed by atoms with Crippen molar-refractivity contribution in [3.8, 4) is 0 Å². The van der Waals surface area contributed by atoms with Gasteiger partial charge < -0.3 is 0 Å². The molecule has 0 aliphatic heterocycles. The van der Waals surface area contributed by atoms with Crippen LogP contribution < -0.4 is 0 Å². The summed E-state index contributed by atoms with van der Waals surface area (Å²) in [6.45, 7) is 6.45. The van der Waals surface area contributed by atoms with Gasteiger partial charge in [-0.25, -0.2) is 4.98 Å². The van der Waals surface area contributed by atoms with Crippen LogP contribution in [-0.2, 0) is 5.41 Å². The fraction of sp³-hybridized carbons (Fsp3) is 0.267. The summed E-state index contributed by atoms with van der Waals surface area (Å²) in [6, 6.07) is 9.51. The number of hydrogen-bond donors (Lipinski definition) is 0. The number of aromatic nitrogens is 1. The lowest BCUT2D eigenvalue weighted by Gasteiger charge is -2.18. The van der Waals surface area contributed by atoms with E-state index in [9.17, 15) is 10.1 Å². The fourth-order valence-electron chi connectivity index (χ4n) is 1.76. The van der Waals surface area contributed by atoms with Crippen LogP contribution in [0.25, 0.3) is 0 Å². The number of pyridine rings is 1. The normalized spacial score (nSPS) is 11.4. The maximum Gasteiger partial charge on any atom is 0.302 e. The summed E-state index contributed by atoms with van der Waals surface area (Å²) in [5.74, 6) is 0. The van der Waals surface area contributed by atoms with E-state index < -0.39 is 4.92 Å². The van der Waals surface area contributed by atoms with Gasteiger partial charge in [0, 0.05) is 21.6 Å². The molecule has 110 valence electrons. The molecule has 21 heavy (non-hydrogen) atoms. The van der Waals surface area contributed by atoms with E-state index in [1.165, 1.54) is 23.4 Å². The molecule has 0 saturated carbocycles. The van der Waals surface area contributed by atoms with Crippen LogP contribution in [0, 0.1) is 10.1 Å². The molecule has 4 nitrogen and oxygen atoms in total. The Labute approximate surface area is 136 Å². The maximum atomic E-state index is 11.1. The highest BCUT2D eigenvalue weighted by Crippen LogP contribution is 2.35. The van der Waals surface area contributed by atoms with E-state index in [1.54, 1.807) is 6.20 Å². The Balaban J connectivity index is 2.28. The van der Waals surface area contributed by atoms with E-state index in [0.717, 1.165) is 4.90 Å². The highest BCUT2D eigenvalue weighted by atomic mass is 79.9. The van der Waals surface area contributed by atoms with Gasteiger partial charge in [-0.15, -0.1) is 0 Å². The first kappa shape index (κ1) is 16.0. The third kappa shape index (κ3) is 4.04. The van der Waals surface area contributed by atoms with Crippen LogP contribution >= 0.6 is 27.7 Å². The largest absolute Gasteiger partial charge is 0.302 e. The van der Waals surface area contributed by atoms with Crippen LogP contribution in [0.2, 0.25) is 0 Å². The third-order valence-electron chi connectivity index (χ3n) is 2.93. The van der Waals surface area contributed by atoms with Crippen molar-refractivity contribution < 1.29 is 4.92 Å². The minimum atomic E-state index is -0.413. The molecule has 0 fully saturated rings. The zero-order valence-electron chi connectivity index (χ0n) is 12.0. The molecule has 0 spiro atoms. The second kappa shape index (κ2) is 6.15. The van der Waals surface area contributed by atoms with E-state index in [0.29, 0.717) is 9.50 Å². The predicted molar refractivity (Wildman–Crippen MR) is 87.9 cm³/mol. The maximum absolute atomic E-state index is 11.1. The van der Waals surface area contributed by atoms with Gasteiger partial charge in [-0.3, -0.25) is 10.1 Å². The molecule has 0 saturated heterocycles. The number of benzene rings is 1. The quantitative estimate of drug-likeness (QED) is 0.553. The average Bonchev–Trinajstić information content (AvgIpc) is 2.40. The first-order chi connectivity index (χ1) is 9.77. The topological polar surface area (TPSA) is 56.0 Å².